The molecule has 0 aromatic heterocycles. The monoisotopic (exact) mass is 379 g/mol. The highest BCUT2D eigenvalue weighted by atomic mass is 16.6. The van der Waals surface area contributed by atoms with Crippen molar-refractivity contribution < 1.29 is 19.2 Å². The summed E-state index contributed by atoms with van der Waals surface area (Å²) in [5.74, 6) is -0.841. The highest BCUT2D eigenvalue weighted by Crippen LogP contribution is 2.54. The van der Waals surface area contributed by atoms with Crippen LogP contribution in [0.1, 0.15) is 17.2 Å². The fourth-order valence-electron chi connectivity index (χ4n) is 3.53. The largest absolute Gasteiger partial charge is 0.331 e. The molecule has 1 spiro atoms. The van der Waals surface area contributed by atoms with Crippen molar-refractivity contribution in [3.05, 3.63) is 81.5 Å². The van der Waals surface area contributed by atoms with Crippen molar-refractivity contribution in [2.75, 3.05) is 14.1 Å². The molecule has 8 nitrogen and oxygen atoms in total. The van der Waals surface area contributed by atoms with Crippen LogP contribution in [0.3, 0.4) is 0 Å². The number of epoxide rings is 1. The van der Waals surface area contributed by atoms with Crippen molar-refractivity contribution in [3.63, 3.8) is 0 Å². The molecule has 0 radical (unpaired) electrons. The van der Waals surface area contributed by atoms with Crippen molar-refractivity contribution in [3.8, 4) is 0 Å². The number of hydrogen-bond donors (Lipinski definition) is 0. The summed E-state index contributed by atoms with van der Waals surface area (Å²) in [6.45, 7) is 0. The van der Waals surface area contributed by atoms with E-state index >= 15 is 0 Å². The van der Waals surface area contributed by atoms with Crippen LogP contribution in [0.2, 0.25) is 0 Å². The van der Waals surface area contributed by atoms with Crippen molar-refractivity contribution in [1.82, 2.24) is 9.80 Å². The number of rotatable bonds is 3. The van der Waals surface area contributed by atoms with E-state index < -0.39 is 28.6 Å². The lowest BCUT2D eigenvalue weighted by Crippen LogP contribution is -2.58. The van der Waals surface area contributed by atoms with Gasteiger partial charge in [0.25, 0.3) is 23.2 Å². The Morgan fingerprint density at radius 1 is 1.07 bits per heavy atom. The smallest absolute Gasteiger partial charge is 0.283 e. The van der Waals surface area contributed by atoms with Gasteiger partial charge >= 0.3 is 0 Å². The van der Waals surface area contributed by atoms with Crippen LogP contribution >= 0.6 is 0 Å². The predicted molar refractivity (Wildman–Crippen MR) is 99.6 cm³/mol. The average Bonchev–Trinajstić information content (AvgIpc) is 3.46. The molecule has 142 valence electrons. The van der Waals surface area contributed by atoms with Crippen LogP contribution in [0, 0.1) is 10.1 Å². The number of ether oxygens (including phenoxy) is 1. The minimum absolute atomic E-state index is 0.0507. The molecule has 2 saturated heterocycles. The Kier molecular flexibility index (Phi) is 4.01. The predicted octanol–water partition coefficient (Wildman–Crippen LogP) is 2.33. The number of nitrogens with zero attached hydrogens (tertiary/aromatic N) is 3. The molecule has 2 heterocycles. The Bertz CT molecular complexity index is 1020. The second-order valence-corrected chi connectivity index (χ2v) is 6.68. The highest BCUT2D eigenvalue weighted by molar-refractivity contribution is 6.09. The second-order valence-electron chi connectivity index (χ2n) is 6.68. The number of carbonyl (C=O) groups is 2. The average molecular weight is 379 g/mol. The summed E-state index contributed by atoms with van der Waals surface area (Å²) in [7, 11) is 2.97. The van der Waals surface area contributed by atoms with Gasteiger partial charge in [0.15, 0.2) is 0 Å². The molecule has 2 atom stereocenters. The fourth-order valence-corrected chi connectivity index (χ4v) is 3.53. The van der Waals surface area contributed by atoms with Gasteiger partial charge in [-0.3, -0.25) is 19.7 Å². The summed E-state index contributed by atoms with van der Waals surface area (Å²) in [5, 5.41) is 11.2. The number of benzene rings is 2. The number of para-hydroxylation sites is 1. The van der Waals surface area contributed by atoms with Crippen molar-refractivity contribution in [1.29, 1.82) is 0 Å². The van der Waals surface area contributed by atoms with Crippen molar-refractivity contribution in [2.45, 2.75) is 11.8 Å². The summed E-state index contributed by atoms with van der Waals surface area (Å²) in [5.41, 5.74) is -0.426. The van der Waals surface area contributed by atoms with Gasteiger partial charge in [-0.15, -0.1) is 0 Å². The summed E-state index contributed by atoms with van der Waals surface area (Å²) in [4.78, 5) is 39.3. The van der Waals surface area contributed by atoms with E-state index in [-0.39, 0.29) is 16.9 Å². The van der Waals surface area contributed by atoms with Gasteiger partial charge < -0.3 is 14.5 Å². The maximum absolute atomic E-state index is 13.1. The molecule has 8 heteroatoms. The first-order chi connectivity index (χ1) is 13.4. The van der Waals surface area contributed by atoms with Crippen molar-refractivity contribution >= 4 is 23.6 Å². The van der Waals surface area contributed by atoms with E-state index in [9.17, 15) is 19.7 Å². The van der Waals surface area contributed by atoms with Crippen molar-refractivity contribution in [2.24, 2.45) is 0 Å². The van der Waals surface area contributed by atoms with Crippen LogP contribution in [0.4, 0.5) is 5.69 Å². The molecule has 0 saturated carbocycles. The van der Waals surface area contributed by atoms with E-state index in [0.717, 1.165) is 5.56 Å². The molecule has 0 bridgehead atoms. The Morgan fingerprint density at radius 2 is 1.71 bits per heavy atom. The van der Waals surface area contributed by atoms with Gasteiger partial charge in [0.2, 0.25) is 0 Å². The molecule has 2 aliphatic rings. The van der Waals surface area contributed by atoms with E-state index in [1.54, 1.807) is 12.1 Å². The van der Waals surface area contributed by atoms with E-state index in [1.807, 2.05) is 30.3 Å². The third-order valence-corrected chi connectivity index (χ3v) is 5.12. The lowest BCUT2D eigenvalue weighted by atomic mass is 10.00. The van der Waals surface area contributed by atoms with Gasteiger partial charge in [0.1, 0.15) is 11.8 Å². The minimum atomic E-state index is -1.38. The minimum Gasteiger partial charge on any atom is -0.331 e. The number of piperazine rings is 1. The molecule has 2 amide bonds. The number of nitro benzene ring substituents is 1. The molecule has 0 aliphatic carbocycles. The zero-order valence-corrected chi connectivity index (χ0v) is 15.2. The Labute approximate surface area is 160 Å². The van der Waals surface area contributed by atoms with Gasteiger partial charge in [0.05, 0.1) is 10.5 Å². The van der Waals surface area contributed by atoms with Gasteiger partial charge in [-0.25, -0.2) is 0 Å². The second kappa shape index (κ2) is 6.28. The van der Waals surface area contributed by atoms with Gasteiger partial charge in [-0.1, -0.05) is 42.5 Å². The number of likely N-dealkylation sites (N-methyl/N-ethyl adjacent to an activating group) is 2. The van der Waals surface area contributed by atoms with Crippen LogP contribution < -0.4 is 0 Å². The third-order valence-electron chi connectivity index (χ3n) is 5.12. The van der Waals surface area contributed by atoms with Crippen LogP contribution in [-0.4, -0.2) is 46.4 Å². The number of amides is 2. The maximum Gasteiger partial charge on any atom is 0.283 e. The first-order valence-electron chi connectivity index (χ1n) is 8.62. The van der Waals surface area contributed by atoms with Crippen LogP contribution in [0.25, 0.3) is 6.08 Å². The lowest BCUT2D eigenvalue weighted by Gasteiger charge is -2.36. The summed E-state index contributed by atoms with van der Waals surface area (Å²) in [6, 6.07) is 15.3. The summed E-state index contributed by atoms with van der Waals surface area (Å²) >= 11 is 0. The summed E-state index contributed by atoms with van der Waals surface area (Å²) in [6.07, 6.45) is 0.812. The topological polar surface area (TPSA) is 96.3 Å². The fraction of sp³-hybridized carbons (Fsp3) is 0.200. The number of nitro groups is 1. The van der Waals surface area contributed by atoms with Gasteiger partial charge in [-0.05, 0) is 17.7 Å². The highest BCUT2D eigenvalue weighted by Gasteiger charge is 2.71. The van der Waals surface area contributed by atoms with Crippen LogP contribution in [-0.2, 0) is 14.3 Å². The SMILES string of the molecule is CN1C(=O)C2(OC2c2ccccc2)N(C)C(=O)C1=Cc1ccccc1[N+](=O)[O-]. The number of hydrogen-bond acceptors (Lipinski definition) is 5. The standard InChI is InChI=1S/C20H17N3O5/c1-21-16(12-14-10-6-7-11-15(14)23(26)27)18(24)22(2)20(19(21)25)17(28-20)13-8-4-3-5-9-13/h3-12,17H,1-2H3. The zero-order chi connectivity index (χ0) is 20.1. The third kappa shape index (κ3) is 2.49. The Hall–Kier alpha value is -3.52. The molecule has 0 N–H and O–H groups in total. The summed E-state index contributed by atoms with van der Waals surface area (Å²) < 4.78 is 5.74. The van der Waals surface area contributed by atoms with Crippen LogP contribution in [0.5, 0.6) is 0 Å². The van der Waals surface area contributed by atoms with Gasteiger partial charge in [-0.2, -0.15) is 0 Å². The van der Waals surface area contributed by atoms with E-state index in [2.05, 4.69) is 0 Å². The maximum atomic E-state index is 13.1. The normalized spacial score (nSPS) is 25.5. The van der Waals surface area contributed by atoms with E-state index in [4.69, 9.17) is 4.74 Å². The van der Waals surface area contributed by atoms with Gasteiger partial charge in [0, 0.05) is 20.2 Å². The Morgan fingerprint density at radius 3 is 2.39 bits per heavy atom. The molecule has 2 aromatic carbocycles. The van der Waals surface area contributed by atoms with E-state index in [0.29, 0.717) is 0 Å². The molecule has 2 aromatic rings. The molecule has 4 rings (SSSR count). The molecular formula is C20H17N3O5. The van der Waals surface area contributed by atoms with E-state index in [1.165, 1.54) is 42.1 Å². The molecule has 28 heavy (non-hydrogen) atoms. The Balaban J connectivity index is 1.72. The first kappa shape index (κ1) is 17.9. The molecule has 2 unspecified atom stereocenters. The van der Waals surface area contributed by atoms with Crippen LogP contribution in [0.15, 0.2) is 60.3 Å². The molecule has 2 fully saturated rings. The zero-order valence-electron chi connectivity index (χ0n) is 15.2. The quantitative estimate of drug-likeness (QED) is 0.353. The molecule has 2 aliphatic heterocycles. The first-order valence-corrected chi connectivity index (χ1v) is 8.62. The number of carbonyl (C=O) groups excluding carboxylic acids is 2. The lowest BCUT2D eigenvalue weighted by molar-refractivity contribution is -0.385. The molecular weight excluding hydrogens is 362 g/mol.